The van der Waals surface area contributed by atoms with Crippen LogP contribution in [0.25, 0.3) is 11.0 Å². The van der Waals surface area contributed by atoms with Crippen molar-refractivity contribution in [3.8, 4) is 0 Å². The van der Waals surface area contributed by atoms with Crippen LogP contribution in [0, 0.1) is 0 Å². The number of piperidine rings is 1. The van der Waals surface area contributed by atoms with Gasteiger partial charge >= 0.3 is 0 Å². The van der Waals surface area contributed by atoms with E-state index in [2.05, 4.69) is 19.6 Å². The number of hydrogen-bond donors (Lipinski definition) is 0. The Morgan fingerprint density at radius 1 is 1.32 bits per heavy atom. The number of rotatable bonds is 4. The lowest BCUT2D eigenvalue weighted by molar-refractivity contribution is 0.0595. The van der Waals surface area contributed by atoms with Crippen LogP contribution in [-0.4, -0.2) is 47.7 Å². The molecule has 1 aliphatic heterocycles. The van der Waals surface area contributed by atoms with Crippen LogP contribution >= 0.6 is 0 Å². The van der Waals surface area contributed by atoms with Gasteiger partial charge in [0.05, 0.1) is 23.6 Å². The number of carbonyl (C=O) groups excluding carboxylic acids is 1. The van der Waals surface area contributed by atoms with Crippen LogP contribution in [0.3, 0.4) is 0 Å². The molecule has 1 unspecified atom stereocenters. The maximum Gasteiger partial charge on any atom is 0.255 e. The van der Waals surface area contributed by atoms with Gasteiger partial charge in [-0.1, -0.05) is 0 Å². The smallest absolute Gasteiger partial charge is 0.255 e. The summed E-state index contributed by atoms with van der Waals surface area (Å²) in [7, 11) is 1.87. The lowest BCUT2D eigenvalue weighted by atomic mass is 9.98. The first-order valence-electron chi connectivity index (χ1n) is 8.77. The van der Waals surface area contributed by atoms with Gasteiger partial charge in [0.2, 0.25) is 0 Å². The quantitative estimate of drug-likeness (QED) is 0.732. The number of aryl methyl sites for hydroxylation is 2. The van der Waals surface area contributed by atoms with Crippen LogP contribution in [0.15, 0.2) is 37.2 Å². The summed E-state index contributed by atoms with van der Waals surface area (Å²) in [5.74, 6) is 0.0749. The normalized spacial score (nSPS) is 18.0. The summed E-state index contributed by atoms with van der Waals surface area (Å²) >= 11 is 0. The Labute approximate surface area is 146 Å². The van der Waals surface area contributed by atoms with Gasteiger partial charge in [-0.05, 0) is 31.7 Å². The SMILES string of the molecule is Cn1ncc2ncc(C(=O)N3CCCCC3CCn3ccnc3)cc21. The number of fused-ring (bicyclic) bond motifs is 1. The second kappa shape index (κ2) is 6.66. The van der Waals surface area contributed by atoms with Gasteiger partial charge in [0.25, 0.3) is 5.91 Å². The zero-order chi connectivity index (χ0) is 17.2. The summed E-state index contributed by atoms with van der Waals surface area (Å²) in [6, 6.07) is 2.17. The fourth-order valence-electron chi connectivity index (χ4n) is 3.59. The highest BCUT2D eigenvalue weighted by atomic mass is 16.2. The Bertz CT molecular complexity index is 869. The molecule has 0 N–H and O–H groups in total. The second-order valence-corrected chi connectivity index (χ2v) is 6.63. The third-order valence-electron chi connectivity index (χ3n) is 5.01. The minimum Gasteiger partial charge on any atom is -0.337 e. The first kappa shape index (κ1) is 15.8. The van der Waals surface area contributed by atoms with Gasteiger partial charge in [0.1, 0.15) is 5.52 Å². The van der Waals surface area contributed by atoms with Crippen molar-refractivity contribution in [1.29, 1.82) is 0 Å². The molecule has 1 aliphatic rings. The summed E-state index contributed by atoms with van der Waals surface area (Å²) in [6.45, 7) is 1.70. The number of hydrogen-bond acceptors (Lipinski definition) is 4. The van der Waals surface area contributed by atoms with Gasteiger partial charge < -0.3 is 9.47 Å². The van der Waals surface area contributed by atoms with E-state index < -0.39 is 0 Å². The molecular weight excluding hydrogens is 316 g/mol. The molecule has 3 aromatic heterocycles. The van der Waals surface area contributed by atoms with Gasteiger partial charge in [-0.25, -0.2) is 4.98 Å². The zero-order valence-electron chi connectivity index (χ0n) is 14.4. The number of nitrogens with zero attached hydrogens (tertiary/aromatic N) is 6. The third-order valence-corrected chi connectivity index (χ3v) is 5.01. The van der Waals surface area contributed by atoms with Crippen molar-refractivity contribution < 1.29 is 4.79 Å². The minimum absolute atomic E-state index is 0.0749. The van der Waals surface area contributed by atoms with E-state index >= 15 is 0 Å². The van der Waals surface area contributed by atoms with E-state index in [0.29, 0.717) is 5.56 Å². The number of amides is 1. The average Bonchev–Trinajstić information content (AvgIpc) is 3.29. The number of carbonyl (C=O) groups is 1. The number of pyridine rings is 1. The Morgan fingerprint density at radius 2 is 2.24 bits per heavy atom. The van der Waals surface area contributed by atoms with Gasteiger partial charge in [-0.3, -0.25) is 14.5 Å². The summed E-state index contributed by atoms with van der Waals surface area (Å²) < 4.78 is 3.83. The Morgan fingerprint density at radius 3 is 3.08 bits per heavy atom. The molecule has 1 amide bonds. The highest BCUT2D eigenvalue weighted by Gasteiger charge is 2.27. The number of imidazole rings is 1. The third kappa shape index (κ3) is 3.14. The number of likely N-dealkylation sites (tertiary alicyclic amines) is 1. The average molecular weight is 338 g/mol. The van der Waals surface area contributed by atoms with Gasteiger partial charge in [-0.2, -0.15) is 5.10 Å². The van der Waals surface area contributed by atoms with E-state index in [4.69, 9.17) is 0 Å². The summed E-state index contributed by atoms with van der Waals surface area (Å²) in [5, 5.41) is 4.20. The number of aromatic nitrogens is 5. The standard InChI is InChI=1S/C18H22N6O/c1-22-17-10-14(11-20-16(17)12-21-22)18(25)24-7-3-2-4-15(24)5-8-23-9-6-19-13-23/h6,9-13,15H,2-5,7-8H2,1H3. The van der Waals surface area contributed by atoms with Crippen LogP contribution in [0.1, 0.15) is 36.0 Å². The Balaban J connectivity index is 1.53. The summed E-state index contributed by atoms with van der Waals surface area (Å²) in [4.78, 5) is 23.6. The highest BCUT2D eigenvalue weighted by Crippen LogP contribution is 2.23. The molecule has 1 fully saturated rings. The van der Waals surface area contributed by atoms with E-state index in [9.17, 15) is 4.79 Å². The first-order valence-corrected chi connectivity index (χ1v) is 8.77. The van der Waals surface area contributed by atoms with Crippen LogP contribution in [0.2, 0.25) is 0 Å². The fraction of sp³-hybridized carbons (Fsp3) is 0.444. The van der Waals surface area contributed by atoms with Crippen LogP contribution in [0.5, 0.6) is 0 Å². The zero-order valence-corrected chi connectivity index (χ0v) is 14.4. The van der Waals surface area contributed by atoms with Gasteiger partial charge in [-0.15, -0.1) is 0 Å². The predicted molar refractivity (Wildman–Crippen MR) is 94.0 cm³/mol. The Hall–Kier alpha value is -2.70. The maximum absolute atomic E-state index is 13.1. The molecule has 25 heavy (non-hydrogen) atoms. The van der Waals surface area contributed by atoms with E-state index in [0.717, 1.165) is 43.4 Å². The molecule has 0 aromatic carbocycles. The fourth-order valence-corrected chi connectivity index (χ4v) is 3.59. The van der Waals surface area contributed by atoms with E-state index in [-0.39, 0.29) is 11.9 Å². The molecule has 130 valence electrons. The lowest BCUT2D eigenvalue weighted by Crippen LogP contribution is -2.44. The van der Waals surface area contributed by atoms with Crippen molar-refractivity contribution in [2.45, 2.75) is 38.3 Å². The Kier molecular flexibility index (Phi) is 4.21. The molecule has 0 aliphatic carbocycles. The van der Waals surface area contributed by atoms with E-state index in [1.165, 1.54) is 6.42 Å². The molecular formula is C18H22N6O. The largest absolute Gasteiger partial charge is 0.337 e. The molecule has 4 heterocycles. The molecule has 0 radical (unpaired) electrons. The molecule has 1 saturated heterocycles. The van der Waals surface area contributed by atoms with Crippen LogP contribution in [-0.2, 0) is 13.6 Å². The van der Waals surface area contributed by atoms with Crippen molar-refractivity contribution in [3.63, 3.8) is 0 Å². The lowest BCUT2D eigenvalue weighted by Gasteiger charge is -2.36. The maximum atomic E-state index is 13.1. The molecule has 3 aromatic rings. The molecule has 4 rings (SSSR count). The van der Waals surface area contributed by atoms with Crippen LogP contribution in [0.4, 0.5) is 0 Å². The van der Waals surface area contributed by atoms with Gasteiger partial charge in [0, 0.05) is 44.8 Å². The van der Waals surface area contributed by atoms with Crippen molar-refractivity contribution in [2.75, 3.05) is 6.54 Å². The second-order valence-electron chi connectivity index (χ2n) is 6.63. The minimum atomic E-state index is 0.0749. The first-order chi connectivity index (χ1) is 12.2. The molecule has 7 heteroatoms. The summed E-state index contributed by atoms with van der Waals surface area (Å²) in [6.07, 6.45) is 13.2. The van der Waals surface area contributed by atoms with Crippen molar-refractivity contribution >= 4 is 16.9 Å². The molecule has 1 atom stereocenters. The molecule has 0 saturated carbocycles. The van der Waals surface area contributed by atoms with Crippen molar-refractivity contribution in [2.24, 2.45) is 7.05 Å². The molecule has 0 bridgehead atoms. The highest BCUT2D eigenvalue weighted by molar-refractivity contribution is 5.96. The topological polar surface area (TPSA) is 68.8 Å². The molecule has 7 nitrogen and oxygen atoms in total. The monoisotopic (exact) mass is 338 g/mol. The van der Waals surface area contributed by atoms with Crippen LogP contribution < -0.4 is 0 Å². The van der Waals surface area contributed by atoms with Crippen molar-refractivity contribution in [1.82, 2.24) is 29.2 Å². The molecule has 0 spiro atoms. The van der Waals surface area contributed by atoms with E-state index in [1.807, 2.05) is 30.5 Å². The van der Waals surface area contributed by atoms with E-state index in [1.54, 1.807) is 23.3 Å². The summed E-state index contributed by atoms with van der Waals surface area (Å²) in [5.41, 5.74) is 2.35. The van der Waals surface area contributed by atoms with Crippen molar-refractivity contribution in [3.05, 3.63) is 42.7 Å². The predicted octanol–water partition coefficient (Wildman–Crippen LogP) is 2.25. The van der Waals surface area contributed by atoms with Gasteiger partial charge in [0.15, 0.2) is 0 Å².